The molecule has 2 aromatic heterocycles. The molecule has 0 unspecified atom stereocenters. The third-order valence-electron chi connectivity index (χ3n) is 7.98. The minimum absolute atomic E-state index is 0.0246. The zero-order valence-electron chi connectivity index (χ0n) is 28.8. The van der Waals surface area contributed by atoms with Gasteiger partial charge in [0.2, 0.25) is 17.7 Å². The fourth-order valence-corrected chi connectivity index (χ4v) is 7.38. The molecule has 0 atom stereocenters. The molecule has 0 spiro atoms. The molecule has 2 aromatic carbocycles. The number of amides is 2. The monoisotopic (exact) mass is 753 g/mol. The van der Waals surface area contributed by atoms with Crippen molar-refractivity contribution in [1.82, 2.24) is 14.9 Å². The van der Waals surface area contributed by atoms with E-state index < -0.39 is 41.0 Å². The summed E-state index contributed by atoms with van der Waals surface area (Å²) in [5, 5.41) is 14.2. The van der Waals surface area contributed by atoms with E-state index in [1.54, 1.807) is 20.0 Å². The van der Waals surface area contributed by atoms with Crippen molar-refractivity contribution in [3.63, 3.8) is 0 Å². The smallest absolute Gasteiger partial charge is 0.248 e. The van der Waals surface area contributed by atoms with E-state index in [0.717, 1.165) is 11.3 Å². The Morgan fingerprint density at radius 3 is 1.65 bits per heavy atom. The van der Waals surface area contributed by atoms with E-state index in [9.17, 15) is 26.4 Å². The summed E-state index contributed by atoms with van der Waals surface area (Å²) in [5.74, 6) is -0.487. The molecule has 4 rings (SSSR count). The van der Waals surface area contributed by atoms with Crippen molar-refractivity contribution in [1.29, 1.82) is 0 Å². The van der Waals surface area contributed by atoms with Crippen LogP contribution in [0.15, 0.2) is 68.9 Å². The summed E-state index contributed by atoms with van der Waals surface area (Å²) >= 11 is 11.6. The summed E-state index contributed by atoms with van der Waals surface area (Å²) in [7, 11) is -6.12. The largest absolute Gasteiger partial charge is 0.338 e. The Morgan fingerprint density at radius 1 is 0.837 bits per heavy atom. The van der Waals surface area contributed by atoms with Crippen LogP contribution < -0.4 is 10.6 Å². The van der Waals surface area contributed by atoms with Crippen LogP contribution in [0.2, 0.25) is 10.0 Å². The van der Waals surface area contributed by atoms with Crippen LogP contribution >= 0.6 is 23.2 Å². The van der Waals surface area contributed by atoms with Crippen molar-refractivity contribution in [2.24, 2.45) is 7.05 Å². The maximum Gasteiger partial charge on any atom is 0.248 e. The number of carbonyl (C=O) groups is 2. The summed E-state index contributed by atoms with van der Waals surface area (Å²) in [6.45, 7) is 13.1. The van der Waals surface area contributed by atoms with Crippen molar-refractivity contribution < 1.29 is 30.9 Å². The predicted octanol–water partition coefficient (Wildman–Crippen LogP) is 6.78. The lowest BCUT2D eigenvalue weighted by molar-refractivity contribution is -0.118. The summed E-state index contributed by atoms with van der Waals surface area (Å²) in [5.41, 5.74) is 2.21. The molecule has 0 aliphatic carbocycles. The van der Waals surface area contributed by atoms with Crippen LogP contribution in [0.3, 0.4) is 0 Å². The molecule has 0 aliphatic rings. The quantitative estimate of drug-likeness (QED) is 0.177. The molecule has 0 bridgehead atoms. The second-order valence-electron chi connectivity index (χ2n) is 12.5. The lowest BCUT2D eigenvalue weighted by Gasteiger charge is -2.23. The van der Waals surface area contributed by atoms with Gasteiger partial charge in [-0.3, -0.25) is 19.6 Å². The first kappa shape index (κ1) is 39.7. The number of aryl methyl sites for hydroxylation is 2. The molecule has 12 nitrogen and oxygen atoms in total. The second kappa shape index (κ2) is 15.0. The Labute approximate surface area is 297 Å². The minimum atomic E-state index is -3.92. The van der Waals surface area contributed by atoms with Crippen LogP contribution in [0, 0.1) is 6.92 Å². The van der Waals surface area contributed by atoms with Crippen molar-refractivity contribution in [2.45, 2.75) is 87.0 Å². The average molecular weight is 755 g/mol. The number of hydrogen-bond donors (Lipinski definition) is 2. The van der Waals surface area contributed by atoms with E-state index in [1.807, 2.05) is 20.8 Å². The first-order chi connectivity index (χ1) is 22.6. The molecule has 0 radical (unpaired) electrons. The highest BCUT2D eigenvalue weighted by molar-refractivity contribution is 7.94. The van der Waals surface area contributed by atoms with Gasteiger partial charge in [-0.15, -0.1) is 0 Å². The van der Waals surface area contributed by atoms with Crippen LogP contribution in [0.25, 0.3) is 0 Å². The maximum absolute atomic E-state index is 12.9. The van der Waals surface area contributed by atoms with Gasteiger partial charge in [-0.05, 0) is 95.5 Å². The predicted molar refractivity (Wildman–Crippen MR) is 191 cm³/mol. The first-order valence-electron chi connectivity index (χ1n) is 15.2. The lowest BCUT2D eigenvalue weighted by Crippen LogP contribution is -2.44. The topological polar surface area (TPSA) is 170 Å². The summed E-state index contributed by atoms with van der Waals surface area (Å²) in [4.78, 5) is 25.4. The van der Waals surface area contributed by atoms with Gasteiger partial charge in [0.1, 0.15) is 15.3 Å². The van der Waals surface area contributed by atoms with Gasteiger partial charge in [0.25, 0.3) is 0 Å². The van der Waals surface area contributed by atoms with Gasteiger partial charge in [-0.1, -0.05) is 49.1 Å². The second-order valence-corrected chi connectivity index (χ2v) is 18.4. The van der Waals surface area contributed by atoms with Crippen LogP contribution in [0.5, 0.6) is 0 Å². The van der Waals surface area contributed by atoms with Crippen LogP contribution in [0.4, 0.5) is 11.7 Å². The van der Waals surface area contributed by atoms with Crippen LogP contribution in [0.1, 0.15) is 71.3 Å². The number of nitrogens with zero attached hydrogens (tertiary/aromatic N) is 3. The molecule has 2 amide bonds. The molecule has 266 valence electrons. The molecule has 2 N–H and O–H groups in total. The van der Waals surface area contributed by atoms with Gasteiger partial charge in [-0.25, -0.2) is 16.8 Å². The third-order valence-corrected chi connectivity index (χ3v) is 13.3. The number of anilines is 2. The van der Waals surface area contributed by atoms with Gasteiger partial charge in [0.05, 0.1) is 21.2 Å². The number of halogens is 2. The van der Waals surface area contributed by atoms with Crippen molar-refractivity contribution >= 4 is 66.4 Å². The molecule has 0 saturated carbocycles. The molecule has 0 fully saturated rings. The Bertz CT molecular complexity index is 2030. The zero-order valence-corrected chi connectivity index (χ0v) is 31.9. The van der Waals surface area contributed by atoms with Gasteiger partial charge in [-0.2, -0.15) is 5.10 Å². The number of nitrogens with one attached hydrogen (secondary N) is 2. The Hall–Kier alpha value is -3.72. The van der Waals surface area contributed by atoms with Crippen molar-refractivity contribution in [3.8, 4) is 0 Å². The number of aromatic nitrogens is 3. The molecule has 2 heterocycles. The number of hydrogen-bond acceptors (Lipinski definition) is 9. The van der Waals surface area contributed by atoms with Crippen LogP contribution in [-0.4, -0.2) is 53.1 Å². The third kappa shape index (κ3) is 8.36. The van der Waals surface area contributed by atoms with Gasteiger partial charge in [0.15, 0.2) is 19.7 Å². The van der Waals surface area contributed by atoms with E-state index >= 15 is 0 Å². The maximum atomic E-state index is 12.9. The molecule has 4 aromatic rings. The fraction of sp³-hybridized carbons (Fsp3) is 0.394. The fourth-order valence-electron chi connectivity index (χ4n) is 4.37. The highest BCUT2D eigenvalue weighted by atomic mass is 35.5. The molecule has 16 heteroatoms. The van der Waals surface area contributed by atoms with Gasteiger partial charge < -0.3 is 9.84 Å². The molecular formula is C33H41Cl2N5O7S2. The molecular weight excluding hydrogens is 713 g/mol. The highest BCUT2D eigenvalue weighted by Crippen LogP contribution is 2.30. The minimum Gasteiger partial charge on any atom is -0.338 e. The Balaban J connectivity index is 0.000000266. The number of carbonyl (C=O) groups excluding carboxylic acids is 2. The summed E-state index contributed by atoms with van der Waals surface area (Å²) < 4.78 is 54.6. The molecule has 49 heavy (non-hydrogen) atoms. The van der Waals surface area contributed by atoms with Crippen LogP contribution in [-0.2, 0) is 42.7 Å². The Kier molecular flexibility index (Phi) is 12.2. The zero-order chi connectivity index (χ0) is 37.1. The average Bonchev–Trinajstić information content (AvgIpc) is 3.58. The van der Waals surface area contributed by atoms with E-state index in [0.29, 0.717) is 28.0 Å². The number of rotatable bonds is 10. The standard InChI is InChI=1S/C17H22ClN3O3S.C16H19ClN2O4S/c1-11(2)14-10-15(21(5)20-14)19-16(22)17(3,4)25(23,24)13-8-6-12(18)7-9-13;1-5-13-10(2)19-23-14(13)18-15(20)16(3,4)24(21,22)12-8-6-11(17)7-9-12/h6-11H,1-5H3,(H,19,22);6-9H,5H2,1-4H3,(H,18,20). The first-order valence-corrected chi connectivity index (χ1v) is 18.9. The Morgan fingerprint density at radius 2 is 1.27 bits per heavy atom. The summed E-state index contributed by atoms with van der Waals surface area (Å²) in [6.07, 6.45) is 0.606. The van der Waals surface area contributed by atoms with E-state index in [4.69, 9.17) is 27.7 Å². The van der Waals surface area contributed by atoms with Crippen molar-refractivity contribution in [2.75, 3.05) is 10.6 Å². The van der Waals surface area contributed by atoms with E-state index in [-0.39, 0.29) is 21.6 Å². The van der Waals surface area contributed by atoms with Crippen molar-refractivity contribution in [3.05, 3.63) is 81.6 Å². The van der Waals surface area contributed by atoms with E-state index in [1.165, 1.54) is 80.9 Å². The molecule has 0 saturated heterocycles. The number of benzene rings is 2. The number of sulfone groups is 2. The lowest BCUT2D eigenvalue weighted by atomic mass is 10.1. The summed E-state index contributed by atoms with van der Waals surface area (Å²) in [6, 6.07) is 13.2. The van der Waals surface area contributed by atoms with Gasteiger partial charge in [0, 0.05) is 28.7 Å². The SMILES string of the molecule is CC(C)c1cc(NC(=O)C(C)(C)S(=O)(=O)c2ccc(Cl)cc2)n(C)n1.CCc1c(C)noc1NC(=O)C(C)(C)S(=O)(=O)c1ccc(Cl)cc1. The highest BCUT2D eigenvalue weighted by Gasteiger charge is 2.44. The van der Waals surface area contributed by atoms with E-state index in [2.05, 4.69) is 20.9 Å². The molecule has 0 aliphatic heterocycles. The normalized spacial score (nSPS) is 12.3. The van der Waals surface area contributed by atoms with Gasteiger partial charge >= 0.3 is 0 Å².